The van der Waals surface area contributed by atoms with Crippen LogP contribution in [0.2, 0.25) is 0 Å². The Hall–Kier alpha value is -5.54. The fourth-order valence-electron chi connectivity index (χ4n) is 6.68. The van der Waals surface area contributed by atoms with Crippen molar-refractivity contribution in [2.24, 2.45) is 0 Å². The monoisotopic (exact) mass is 679 g/mol. The number of carbonyl (C=O) groups is 1. The van der Waals surface area contributed by atoms with E-state index in [0.717, 1.165) is 81.0 Å². The van der Waals surface area contributed by atoms with E-state index in [9.17, 15) is 4.79 Å². The van der Waals surface area contributed by atoms with Gasteiger partial charge in [-0.2, -0.15) is 9.61 Å². The number of nitrogens with zero attached hydrogens (tertiary/aromatic N) is 4. The molecule has 1 unspecified atom stereocenters. The molecule has 1 atom stereocenters. The van der Waals surface area contributed by atoms with Crippen molar-refractivity contribution in [1.82, 2.24) is 24.9 Å². The Morgan fingerprint density at radius 2 is 1.96 bits per heavy atom. The number of nitrogens with one attached hydrogen (secondary N) is 3. The summed E-state index contributed by atoms with van der Waals surface area (Å²) in [5, 5.41) is 17.6. The van der Waals surface area contributed by atoms with Crippen molar-refractivity contribution in [3.63, 3.8) is 0 Å². The van der Waals surface area contributed by atoms with E-state index in [2.05, 4.69) is 74.5 Å². The summed E-state index contributed by atoms with van der Waals surface area (Å²) in [6.07, 6.45) is 7.66. The molecule has 9 nitrogen and oxygen atoms in total. The molecule has 1 saturated heterocycles. The second-order valence-electron chi connectivity index (χ2n) is 14.3. The highest BCUT2D eigenvalue weighted by Gasteiger charge is 2.27. The van der Waals surface area contributed by atoms with E-state index in [1.807, 2.05) is 71.5 Å². The van der Waals surface area contributed by atoms with Gasteiger partial charge in [0.15, 0.2) is 11.4 Å². The van der Waals surface area contributed by atoms with Gasteiger partial charge in [-0.1, -0.05) is 69.0 Å². The first kappa shape index (κ1) is 33.9. The fraction of sp³-hybridized carbons (Fsp3) is 0.286. The van der Waals surface area contributed by atoms with Crippen molar-refractivity contribution in [3.8, 4) is 17.0 Å². The lowest BCUT2D eigenvalue weighted by Crippen LogP contribution is -2.50. The van der Waals surface area contributed by atoms with Crippen LogP contribution in [0.3, 0.4) is 0 Å². The number of pyridine rings is 1. The van der Waals surface area contributed by atoms with Crippen LogP contribution in [0.5, 0.6) is 5.75 Å². The van der Waals surface area contributed by atoms with Crippen molar-refractivity contribution in [2.75, 3.05) is 17.2 Å². The third-order valence-electron chi connectivity index (χ3n) is 9.60. The number of rotatable bonds is 12. The molecule has 260 valence electrons. The molecule has 0 amide bonds. The Balaban J connectivity index is 1.16. The first-order valence-corrected chi connectivity index (χ1v) is 17.7. The Bertz CT molecular complexity index is 2210. The van der Waals surface area contributed by atoms with Gasteiger partial charge < -0.3 is 20.7 Å². The standard InChI is InChI=1S/C42H45N7O2/c1-6-32(50)21-28-14-15-36-29(20-28)17-19-43-40(36)35-13-8-7-10-30(35)24-44-39-23-38(48-41-37(27(2)3)26-46-49(39)41)47-31-11-9-12-33(22-31)51-34-16-18-42(4,5)45-25-34/h6-15,17,19-20,22-23,26-27,34,44-45H,1,16,18,21,24-25H2,2-5H3,(H,47,48). The molecule has 0 aliphatic carbocycles. The Morgan fingerprint density at radius 3 is 2.76 bits per heavy atom. The third-order valence-corrected chi connectivity index (χ3v) is 9.60. The van der Waals surface area contributed by atoms with E-state index in [1.54, 1.807) is 0 Å². The number of ether oxygens (including phenoxy) is 1. The van der Waals surface area contributed by atoms with Crippen LogP contribution >= 0.6 is 0 Å². The topological polar surface area (TPSA) is 105 Å². The minimum atomic E-state index is 0.000507. The zero-order chi connectivity index (χ0) is 35.5. The maximum Gasteiger partial charge on any atom is 0.163 e. The molecule has 6 aromatic rings. The Kier molecular flexibility index (Phi) is 9.56. The van der Waals surface area contributed by atoms with E-state index in [0.29, 0.717) is 18.8 Å². The number of fused-ring (bicyclic) bond motifs is 2. The van der Waals surface area contributed by atoms with Crippen LogP contribution in [0.25, 0.3) is 27.7 Å². The summed E-state index contributed by atoms with van der Waals surface area (Å²) < 4.78 is 8.25. The molecule has 3 N–H and O–H groups in total. The van der Waals surface area contributed by atoms with Gasteiger partial charge in [0.2, 0.25) is 0 Å². The van der Waals surface area contributed by atoms with Crippen LogP contribution in [-0.2, 0) is 17.8 Å². The van der Waals surface area contributed by atoms with Crippen molar-refractivity contribution in [3.05, 3.63) is 121 Å². The normalized spacial score (nSPS) is 15.6. The minimum Gasteiger partial charge on any atom is -0.489 e. The molecular weight excluding hydrogens is 635 g/mol. The molecular formula is C42H45N7O2. The van der Waals surface area contributed by atoms with Gasteiger partial charge in [0.05, 0.1) is 11.9 Å². The number of benzene rings is 3. The molecule has 9 heteroatoms. The van der Waals surface area contributed by atoms with Crippen LogP contribution in [0.1, 0.15) is 63.1 Å². The summed E-state index contributed by atoms with van der Waals surface area (Å²) in [6, 6.07) is 26.5. The molecule has 3 aromatic heterocycles. The van der Waals surface area contributed by atoms with E-state index in [-0.39, 0.29) is 23.3 Å². The Labute approximate surface area is 299 Å². The van der Waals surface area contributed by atoms with Gasteiger partial charge in [-0.15, -0.1) is 0 Å². The van der Waals surface area contributed by atoms with Gasteiger partial charge in [0.25, 0.3) is 0 Å². The molecule has 4 heterocycles. The van der Waals surface area contributed by atoms with Crippen LogP contribution in [0.15, 0.2) is 104 Å². The van der Waals surface area contributed by atoms with Crippen LogP contribution in [0.4, 0.5) is 17.3 Å². The summed E-state index contributed by atoms with van der Waals surface area (Å²) in [5.41, 5.74) is 6.89. The van der Waals surface area contributed by atoms with Gasteiger partial charge in [-0.3, -0.25) is 9.78 Å². The van der Waals surface area contributed by atoms with E-state index in [4.69, 9.17) is 19.8 Å². The molecule has 0 bridgehead atoms. The lowest BCUT2D eigenvalue weighted by Gasteiger charge is -2.35. The number of ketones is 1. The number of carbonyl (C=O) groups excluding carboxylic acids is 1. The summed E-state index contributed by atoms with van der Waals surface area (Å²) >= 11 is 0. The zero-order valence-corrected chi connectivity index (χ0v) is 29.7. The highest BCUT2D eigenvalue weighted by molar-refractivity contribution is 5.97. The Morgan fingerprint density at radius 1 is 1.10 bits per heavy atom. The first-order valence-electron chi connectivity index (χ1n) is 17.7. The van der Waals surface area contributed by atoms with Gasteiger partial charge in [-0.05, 0) is 73.4 Å². The third kappa shape index (κ3) is 7.64. The summed E-state index contributed by atoms with van der Waals surface area (Å²) in [4.78, 5) is 21.8. The minimum absolute atomic E-state index is 0.000507. The number of allylic oxidation sites excluding steroid dienone is 1. The van der Waals surface area contributed by atoms with Crippen LogP contribution in [0, 0.1) is 0 Å². The quantitative estimate of drug-likeness (QED) is 0.110. The highest BCUT2D eigenvalue weighted by Crippen LogP contribution is 2.32. The first-order chi connectivity index (χ1) is 24.7. The smallest absolute Gasteiger partial charge is 0.163 e. The molecule has 1 aliphatic rings. The number of hydrogen-bond acceptors (Lipinski definition) is 8. The molecule has 0 saturated carbocycles. The summed E-state index contributed by atoms with van der Waals surface area (Å²) in [7, 11) is 0. The summed E-state index contributed by atoms with van der Waals surface area (Å²) in [5.74, 6) is 2.60. The maximum atomic E-state index is 12.0. The second-order valence-corrected chi connectivity index (χ2v) is 14.3. The lowest BCUT2D eigenvalue weighted by atomic mass is 9.92. The van der Waals surface area contributed by atoms with Gasteiger partial charge in [0.1, 0.15) is 23.5 Å². The average Bonchev–Trinajstić information content (AvgIpc) is 3.56. The van der Waals surface area contributed by atoms with Crippen molar-refractivity contribution >= 4 is 39.5 Å². The fourth-order valence-corrected chi connectivity index (χ4v) is 6.68. The van der Waals surface area contributed by atoms with Gasteiger partial charge >= 0.3 is 0 Å². The van der Waals surface area contributed by atoms with Crippen LogP contribution in [-0.4, -0.2) is 43.6 Å². The molecule has 51 heavy (non-hydrogen) atoms. The zero-order valence-electron chi connectivity index (χ0n) is 29.7. The summed E-state index contributed by atoms with van der Waals surface area (Å²) in [6.45, 7) is 13.8. The van der Waals surface area contributed by atoms with Crippen molar-refractivity contribution in [1.29, 1.82) is 0 Å². The van der Waals surface area contributed by atoms with Crippen LogP contribution < -0.4 is 20.7 Å². The SMILES string of the molecule is C=CC(=O)Cc1ccc2c(-c3ccccc3CNc3cc(Nc4cccc(OC5CCC(C)(C)NC5)c4)nc4c(C(C)C)cnn34)nccc2c1. The molecule has 1 fully saturated rings. The molecule has 3 aromatic carbocycles. The van der Waals surface area contributed by atoms with E-state index in [1.165, 1.54) is 6.08 Å². The van der Waals surface area contributed by atoms with Gasteiger partial charge in [0, 0.05) is 65.6 Å². The van der Waals surface area contributed by atoms with E-state index < -0.39 is 0 Å². The predicted molar refractivity (Wildman–Crippen MR) is 206 cm³/mol. The second kappa shape index (κ2) is 14.4. The number of aromatic nitrogens is 4. The maximum absolute atomic E-state index is 12.0. The van der Waals surface area contributed by atoms with Gasteiger partial charge in [-0.25, -0.2) is 4.98 Å². The van der Waals surface area contributed by atoms with E-state index >= 15 is 0 Å². The highest BCUT2D eigenvalue weighted by atomic mass is 16.5. The molecule has 0 radical (unpaired) electrons. The van der Waals surface area contributed by atoms with Crippen molar-refractivity contribution in [2.45, 2.75) is 71.1 Å². The number of piperidine rings is 1. The molecule has 7 rings (SSSR count). The average molecular weight is 680 g/mol. The molecule has 1 aliphatic heterocycles. The largest absolute Gasteiger partial charge is 0.489 e. The molecule has 0 spiro atoms. The predicted octanol–water partition coefficient (Wildman–Crippen LogP) is 8.63. The number of anilines is 3. The lowest BCUT2D eigenvalue weighted by molar-refractivity contribution is -0.114. The van der Waals surface area contributed by atoms with Crippen molar-refractivity contribution < 1.29 is 9.53 Å². The number of hydrogen-bond donors (Lipinski definition) is 3.